The molecule has 3 aromatic rings. The summed E-state index contributed by atoms with van der Waals surface area (Å²) >= 11 is 1.77. The quantitative estimate of drug-likeness (QED) is 0.452. The van der Waals surface area contributed by atoms with Crippen LogP contribution in [0.25, 0.3) is 0 Å². The molecule has 1 aliphatic heterocycles. The minimum Gasteiger partial charge on any atom is -0.330 e. The maximum atomic E-state index is 13.8. The lowest BCUT2D eigenvalue weighted by Crippen LogP contribution is -2.47. The monoisotopic (exact) mass is 460 g/mol. The fourth-order valence-electron chi connectivity index (χ4n) is 4.50. The first-order valence-corrected chi connectivity index (χ1v) is 12.6. The molecule has 33 heavy (non-hydrogen) atoms. The van der Waals surface area contributed by atoms with Gasteiger partial charge in [0.2, 0.25) is 5.91 Å². The summed E-state index contributed by atoms with van der Waals surface area (Å²) in [5.41, 5.74) is 4.19. The molecule has 4 nitrogen and oxygen atoms in total. The molecule has 0 aliphatic carbocycles. The third-order valence-electron chi connectivity index (χ3n) is 6.38. The van der Waals surface area contributed by atoms with E-state index in [0.717, 1.165) is 18.4 Å². The number of carbonyl (C=O) groups is 2. The molecule has 4 rings (SSSR count). The van der Waals surface area contributed by atoms with E-state index in [-0.39, 0.29) is 24.4 Å². The van der Waals surface area contributed by atoms with Gasteiger partial charge in [-0.2, -0.15) is 0 Å². The van der Waals surface area contributed by atoms with Gasteiger partial charge in [0.05, 0.1) is 6.04 Å². The predicted molar refractivity (Wildman–Crippen MR) is 135 cm³/mol. The number of rotatable bonds is 7. The zero-order chi connectivity index (χ0) is 23.4. The Labute approximate surface area is 200 Å². The van der Waals surface area contributed by atoms with Crippen molar-refractivity contribution in [2.75, 3.05) is 19.6 Å². The Morgan fingerprint density at radius 2 is 1.76 bits per heavy atom. The van der Waals surface area contributed by atoms with E-state index in [9.17, 15) is 9.59 Å². The van der Waals surface area contributed by atoms with Gasteiger partial charge in [0.15, 0.2) is 0 Å². The molecule has 0 spiro atoms. The number of amides is 2. The summed E-state index contributed by atoms with van der Waals surface area (Å²) in [5.74, 6) is 0.382. The van der Waals surface area contributed by atoms with Crippen LogP contribution in [0.4, 0.5) is 0 Å². The second-order valence-corrected chi connectivity index (χ2v) is 10.2. The van der Waals surface area contributed by atoms with Gasteiger partial charge in [-0.15, -0.1) is 11.3 Å². The van der Waals surface area contributed by atoms with Crippen LogP contribution in [-0.2, 0) is 11.2 Å². The summed E-state index contributed by atoms with van der Waals surface area (Å²) in [6.45, 7) is 7.73. The van der Waals surface area contributed by atoms with E-state index in [1.807, 2.05) is 47.4 Å². The highest BCUT2D eigenvalue weighted by atomic mass is 32.1. The molecule has 2 aromatic carbocycles. The zero-order valence-corrected chi connectivity index (χ0v) is 20.5. The van der Waals surface area contributed by atoms with Gasteiger partial charge < -0.3 is 9.80 Å². The normalized spacial score (nSPS) is 15.4. The average molecular weight is 461 g/mol. The van der Waals surface area contributed by atoms with E-state index in [1.54, 1.807) is 16.2 Å². The summed E-state index contributed by atoms with van der Waals surface area (Å²) in [7, 11) is 0. The highest BCUT2D eigenvalue weighted by molar-refractivity contribution is 7.10. The molecule has 5 heteroatoms. The van der Waals surface area contributed by atoms with Gasteiger partial charge in [0, 0.05) is 23.5 Å². The standard InChI is InChI=1S/C28H32N2O2S/c1-20(2)13-16-29(28(32)22-10-5-4-6-11-22)19-26(31)30-17-14-25-24(15-18-33-25)27(30)23-12-8-7-9-21(23)3/h4-12,15,18,20,27H,13-14,16-17,19H2,1-3H3. The Hall–Kier alpha value is -2.92. The molecule has 1 aromatic heterocycles. The zero-order valence-electron chi connectivity index (χ0n) is 19.7. The fourth-order valence-corrected chi connectivity index (χ4v) is 5.40. The molecule has 0 bridgehead atoms. The third kappa shape index (κ3) is 5.19. The maximum absolute atomic E-state index is 13.8. The molecular weight excluding hydrogens is 428 g/mol. The van der Waals surface area contributed by atoms with Crippen LogP contribution in [0.3, 0.4) is 0 Å². The highest BCUT2D eigenvalue weighted by Gasteiger charge is 2.34. The lowest BCUT2D eigenvalue weighted by molar-refractivity contribution is -0.134. The lowest BCUT2D eigenvalue weighted by atomic mass is 9.90. The maximum Gasteiger partial charge on any atom is 0.254 e. The highest BCUT2D eigenvalue weighted by Crippen LogP contribution is 2.39. The minimum atomic E-state index is -0.104. The van der Waals surface area contributed by atoms with Crippen molar-refractivity contribution in [2.24, 2.45) is 5.92 Å². The molecule has 0 N–H and O–H groups in total. The molecule has 1 atom stereocenters. The van der Waals surface area contributed by atoms with E-state index in [1.165, 1.54) is 16.0 Å². The molecule has 2 heterocycles. The Balaban J connectivity index is 1.62. The van der Waals surface area contributed by atoms with Crippen LogP contribution in [0.2, 0.25) is 0 Å². The molecule has 0 saturated heterocycles. The number of thiophene rings is 1. The fraction of sp³-hybridized carbons (Fsp3) is 0.357. The van der Waals surface area contributed by atoms with Crippen LogP contribution >= 0.6 is 11.3 Å². The van der Waals surface area contributed by atoms with Gasteiger partial charge >= 0.3 is 0 Å². The molecule has 0 fully saturated rings. The van der Waals surface area contributed by atoms with E-state index < -0.39 is 0 Å². The molecule has 172 valence electrons. The number of hydrogen-bond donors (Lipinski definition) is 0. The second kappa shape index (κ2) is 10.3. The summed E-state index contributed by atoms with van der Waals surface area (Å²) in [6.07, 6.45) is 1.72. The van der Waals surface area contributed by atoms with Gasteiger partial charge in [-0.25, -0.2) is 0 Å². The van der Waals surface area contributed by atoms with Gasteiger partial charge in [-0.05, 0) is 66.0 Å². The van der Waals surface area contributed by atoms with Crippen molar-refractivity contribution in [1.29, 1.82) is 0 Å². The van der Waals surface area contributed by atoms with Gasteiger partial charge in [0.1, 0.15) is 6.54 Å². The van der Waals surface area contributed by atoms with Crippen molar-refractivity contribution in [3.05, 3.63) is 93.2 Å². The number of fused-ring (bicyclic) bond motifs is 1. The third-order valence-corrected chi connectivity index (χ3v) is 7.38. The van der Waals surface area contributed by atoms with Crippen LogP contribution < -0.4 is 0 Å². The smallest absolute Gasteiger partial charge is 0.254 e. The number of carbonyl (C=O) groups excluding carboxylic acids is 2. The minimum absolute atomic E-state index is 0.00754. The Kier molecular flexibility index (Phi) is 7.29. The Morgan fingerprint density at radius 1 is 1.03 bits per heavy atom. The summed E-state index contributed by atoms with van der Waals surface area (Å²) in [5, 5.41) is 2.12. The molecule has 1 aliphatic rings. The van der Waals surface area contributed by atoms with Crippen molar-refractivity contribution in [1.82, 2.24) is 9.80 Å². The van der Waals surface area contributed by atoms with E-state index in [4.69, 9.17) is 0 Å². The van der Waals surface area contributed by atoms with Crippen molar-refractivity contribution >= 4 is 23.2 Å². The van der Waals surface area contributed by atoms with Gasteiger partial charge in [-0.1, -0.05) is 56.3 Å². The van der Waals surface area contributed by atoms with E-state index in [0.29, 0.717) is 24.6 Å². The SMILES string of the molecule is Cc1ccccc1C1c2ccsc2CCN1C(=O)CN(CCC(C)C)C(=O)c1ccccc1. The lowest BCUT2D eigenvalue weighted by Gasteiger charge is -2.38. The molecular formula is C28H32N2O2S. The summed E-state index contributed by atoms with van der Waals surface area (Å²) in [4.78, 5) is 32.1. The predicted octanol–water partition coefficient (Wildman–Crippen LogP) is 5.72. The Morgan fingerprint density at radius 3 is 2.48 bits per heavy atom. The largest absolute Gasteiger partial charge is 0.330 e. The van der Waals surface area contributed by atoms with Crippen molar-refractivity contribution in [3.63, 3.8) is 0 Å². The van der Waals surface area contributed by atoms with Gasteiger partial charge in [-0.3, -0.25) is 9.59 Å². The van der Waals surface area contributed by atoms with Crippen molar-refractivity contribution in [3.8, 4) is 0 Å². The van der Waals surface area contributed by atoms with E-state index >= 15 is 0 Å². The van der Waals surface area contributed by atoms with Crippen LogP contribution in [0.1, 0.15) is 58.2 Å². The van der Waals surface area contributed by atoms with Crippen LogP contribution in [0.15, 0.2) is 66.0 Å². The van der Waals surface area contributed by atoms with E-state index in [2.05, 4.69) is 44.4 Å². The molecule has 1 unspecified atom stereocenters. The van der Waals surface area contributed by atoms with Crippen LogP contribution in [-0.4, -0.2) is 41.2 Å². The molecule has 2 amide bonds. The van der Waals surface area contributed by atoms with Gasteiger partial charge in [0.25, 0.3) is 5.91 Å². The van der Waals surface area contributed by atoms with Crippen LogP contribution in [0.5, 0.6) is 0 Å². The molecule has 0 saturated carbocycles. The first-order chi connectivity index (χ1) is 16.0. The number of hydrogen-bond acceptors (Lipinski definition) is 3. The van der Waals surface area contributed by atoms with Crippen LogP contribution in [0, 0.1) is 12.8 Å². The summed E-state index contributed by atoms with van der Waals surface area (Å²) in [6, 6.07) is 19.6. The first kappa shape index (κ1) is 23.2. The summed E-state index contributed by atoms with van der Waals surface area (Å²) < 4.78 is 0. The first-order valence-electron chi connectivity index (χ1n) is 11.7. The van der Waals surface area contributed by atoms with Crippen molar-refractivity contribution in [2.45, 2.75) is 39.7 Å². The number of nitrogens with zero attached hydrogens (tertiary/aromatic N) is 2. The second-order valence-electron chi connectivity index (χ2n) is 9.17. The number of aryl methyl sites for hydroxylation is 1. The van der Waals surface area contributed by atoms with Crippen molar-refractivity contribution < 1.29 is 9.59 Å². The number of benzene rings is 2. The average Bonchev–Trinajstić information content (AvgIpc) is 3.30. The molecule has 0 radical (unpaired) electrons. The topological polar surface area (TPSA) is 40.6 Å². The Bertz CT molecular complexity index is 1110.